The highest BCUT2D eigenvalue weighted by atomic mass is 16.5. The van der Waals surface area contributed by atoms with Crippen molar-refractivity contribution in [2.75, 3.05) is 14.2 Å². The minimum Gasteiger partial charge on any atom is -0.497 e. The van der Waals surface area contributed by atoms with Gasteiger partial charge in [-0.15, -0.1) is 0 Å². The van der Waals surface area contributed by atoms with Crippen LogP contribution in [0.3, 0.4) is 0 Å². The summed E-state index contributed by atoms with van der Waals surface area (Å²) in [7, 11) is 2.89. The van der Waals surface area contributed by atoms with Crippen LogP contribution in [0.15, 0.2) is 36.0 Å². The molecule has 1 rings (SSSR count). The number of quaternary nitrogens is 1. The quantitative estimate of drug-likeness (QED) is 0.285. The Morgan fingerprint density at radius 2 is 2.00 bits per heavy atom. The first kappa shape index (κ1) is 14.7. The van der Waals surface area contributed by atoms with E-state index >= 15 is 0 Å². The Balaban J connectivity index is 2.70. The Hall–Kier alpha value is -2.34. The number of benzene rings is 1. The summed E-state index contributed by atoms with van der Waals surface area (Å²) < 4.78 is 9.69. The molecule has 0 aliphatic heterocycles. The topological polar surface area (TPSA) is 102 Å². The number of carbonyl (C=O) groups is 1. The Kier molecular flexibility index (Phi) is 5.56. The van der Waals surface area contributed by atoms with Gasteiger partial charge in [-0.05, 0) is 24.3 Å². The van der Waals surface area contributed by atoms with Gasteiger partial charge in [-0.1, -0.05) is 0 Å². The average molecular weight is 264 g/mol. The monoisotopic (exact) mass is 264 g/mol. The van der Waals surface area contributed by atoms with Crippen molar-refractivity contribution in [1.82, 2.24) is 0 Å². The highest BCUT2D eigenvalue weighted by Gasteiger charge is 2.14. The van der Waals surface area contributed by atoms with Gasteiger partial charge in [0.2, 0.25) is 5.70 Å². The molecule has 5 N–H and O–H groups in total. The molecule has 0 bridgehead atoms. The first-order chi connectivity index (χ1) is 9.06. The van der Waals surface area contributed by atoms with E-state index in [0.717, 1.165) is 11.3 Å². The van der Waals surface area contributed by atoms with Crippen LogP contribution in [-0.2, 0) is 16.1 Å². The molecule has 0 unspecified atom stereocenters. The number of nitrogens with one attached hydrogen (secondary N) is 1. The largest absolute Gasteiger partial charge is 0.497 e. The molecule has 0 atom stereocenters. The zero-order valence-corrected chi connectivity index (χ0v) is 11.0. The van der Waals surface area contributed by atoms with Crippen LogP contribution in [0.5, 0.6) is 5.75 Å². The standard InChI is InChI=1S/C13H17N3O3/c1-18-10-5-3-9(4-6-10)8-16-11(7-12(14)15)13(17)19-2/h3-7,16H,8H2,1-2H3,(H3,14,15)/p+1. The summed E-state index contributed by atoms with van der Waals surface area (Å²) in [5.74, 6) is 0.0753. The molecular formula is C13H18N3O3+. The van der Waals surface area contributed by atoms with Crippen LogP contribution >= 0.6 is 0 Å². The van der Waals surface area contributed by atoms with Crippen LogP contribution in [0.2, 0.25) is 0 Å². The maximum absolute atomic E-state index is 11.5. The first-order valence-electron chi connectivity index (χ1n) is 5.67. The molecule has 0 saturated carbocycles. The van der Waals surface area contributed by atoms with E-state index < -0.39 is 5.97 Å². The van der Waals surface area contributed by atoms with Crippen LogP contribution < -0.4 is 15.8 Å². The normalized spacial score (nSPS) is 10.9. The van der Waals surface area contributed by atoms with Crippen molar-refractivity contribution in [3.63, 3.8) is 0 Å². The van der Waals surface area contributed by atoms with Gasteiger partial charge in [-0.25, -0.2) is 4.79 Å². The fraction of sp³-hybridized carbons (Fsp3) is 0.231. The summed E-state index contributed by atoms with van der Waals surface area (Å²) in [6.45, 7) is 0.540. The number of hydrogen-bond donors (Lipinski definition) is 3. The molecule has 6 nitrogen and oxygen atoms in total. The lowest BCUT2D eigenvalue weighted by Gasteiger charge is -2.05. The Morgan fingerprint density at radius 1 is 1.37 bits per heavy atom. The number of rotatable bonds is 6. The van der Waals surface area contributed by atoms with Crippen LogP contribution in [0.25, 0.3) is 0 Å². The second-order valence-electron chi connectivity index (χ2n) is 3.80. The number of ether oxygens (including phenoxy) is 2. The van der Waals surface area contributed by atoms with Crippen molar-refractivity contribution >= 4 is 11.8 Å². The molecule has 0 aliphatic carbocycles. The SMILES string of the molecule is COC(=O)C(=CC(=N)N)[NH2+]Cc1ccc(OC)cc1. The smallest absolute Gasteiger partial charge is 0.392 e. The number of hydrogen-bond acceptors (Lipinski definition) is 4. The molecule has 102 valence electrons. The van der Waals surface area contributed by atoms with Crippen LogP contribution in [0.1, 0.15) is 5.56 Å². The van der Waals surface area contributed by atoms with E-state index in [4.69, 9.17) is 15.9 Å². The van der Waals surface area contributed by atoms with Crippen LogP contribution in [0, 0.1) is 5.41 Å². The van der Waals surface area contributed by atoms with Gasteiger partial charge in [0.15, 0.2) is 0 Å². The maximum Gasteiger partial charge on any atom is 0.392 e. The second kappa shape index (κ2) is 7.17. The predicted octanol–water partition coefficient (Wildman–Crippen LogP) is -0.249. The third-order valence-corrected chi connectivity index (χ3v) is 2.45. The molecule has 0 aliphatic rings. The van der Waals surface area contributed by atoms with E-state index in [9.17, 15) is 4.79 Å². The van der Waals surface area contributed by atoms with Gasteiger partial charge in [0.1, 0.15) is 18.1 Å². The number of methoxy groups -OCH3 is 2. The summed E-state index contributed by atoms with van der Waals surface area (Å²) in [5, 5.41) is 8.86. The van der Waals surface area contributed by atoms with Crippen LogP contribution in [-0.4, -0.2) is 26.0 Å². The van der Waals surface area contributed by atoms with Gasteiger partial charge < -0.3 is 20.5 Å². The molecule has 0 fully saturated rings. The van der Waals surface area contributed by atoms with E-state index in [2.05, 4.69) is 4.74 Å². The minimum absolute atomic E-state index is 0.189. The van der Waals surface area contributed by atoms with Gasteiger partial charge in [-0.3, -0.25) is 5.41 Å². The van der Waals surface area contributed by atoms with Crippen molar-refractivity contribution in [2.45, 2.75) is 6.54 Å². The molecule has 0 spiro atoms. The maximum atomic E-state index is 11.5. The van der Waals surface area contributed by atoms with Crippen molar-refractivity contribution in [3.8, 4) is 5.75 Å². The highest BCUT2D eigenvalue weighted by molar-refractivity contribution is 5.97. The molecule has 0 saturated heterocycles. The molecule has 1 aromatic rings. The lowest BCUT2D eigenvalue weighted by molar-refractivity contribution is -0.618. The molecule has 0 radical (unpaired) electrons. The second-order valence-corrected chi connectivity index (χ2v) is 3.80. The number of carbonyl (C=O) groups excluding carboxylic acids is 1. The summed E-state index contributed by atoms with van der Waals surface area (Å²) >= 11 is 0. The van der Waals surface area contributed by atoms with Gasteiger partial charge in [-0.2, -0.15) is 0 Å². The fourth-order valence-electron chi connectivity index (χ4n) is 1.48. The molecule has 0 amide bonds. The Bertz CT molecular complexity index is 480. The van der Waals surface area contributed by atoms with Crippen molar-refractivity contribution in [2.24, 2.45) is 5.73 Å². The molecule has 0 aromatic heterocycles. The van der Waals surface area contributed by atoms with Gasteiger partial charge in [0.25, 0.3) is 0 Å². The van der Waals surface area contributed by atoms with E-state index in [1.165, 1.54) is 13.2 Å². The molecule has 6 heteroatoms. The number of amidine groups is 1. The third-order valence-electron chi connectivity index (χ3n) is 2.45. The van der Waals surface area contributed by atoms with Gasteiger partial charge >= 0.3 is 5.97 Å². The molecule has 0 heterocycles. The first-order valence-corrected chi connectivity index (χ1v) is 5.67. The van der Waals surface area contributed by atoms with Crippen molar-refractivity contribution in [3.05, 3.63) is 41.6 Å². The third kappa shape index (κ3) is 4.81. The lowest BCUT2D eigenvalue weighted by Crippen LogP contribution is -2.82. The Labute approximate surface area is 111 Å². The van der Waals surface area contributed by atoms with E-state index in [0.29, 0.717) is 6.54 Å². The van der Waals surface area contributed by atoms with E-state index in [1.54, 1.807) is 12.4 Å². The fourth-order valence-corrected chi connectivity index (χ4v) is 1.48. The lowest BCUT2D eigenvalue weighted by atomic mass is 10.2. The zero-order valence-electron chi connectivity index (χ0n) is 11.0. The number of esters is 1. The highest BCUT2D eigenvalue weighted by Crippen LogP contribution is 2.10. The molecular weight excluding hydrogens is 246 g/mol. The number of nitrogens with two attached hydrogens (primary N) is 2. The molecule has 19 heavy (non-hydrogen) atoms. The summed E-state index contributed by atoms with van der Waals surface area (Å²) in [6, 6.07) is 7.49. The summed E-state index contributed by atoms with van der Waals surface area (Å²) in [5.41, 5.74) is 6.54. The average Bonchev–Trinajstić information content (AvgIpc) is 2.42. The zero-order chi connectivity index (χ0) is 14.3. The molecule has 1 aromatic carbocycles. The van der Waals surface area contributed by atoms with Gasteiger partial charge in [0.05, 0.1) is 14.2 Å². The van der Waals surface area contributed by atoms with Crippen molar-refractivity contribution in [1.29, 1.82) is 5.41 Å². The van der Waals surface area contributed by atoms with Crippen molar-refractivity contribution < 1.29 is 19.6 Å². The van der Waals surface area contributed by atoms with E-state index in [1.807, 2.05) is 24.3 Å². The van der Waals surface area contributed by atoms with Gasteiger partial charge in [0, 0.05) is 11.6 Å². The summed E-state index contributed by atoms with van der Waals surface area (Å²) in [6.07, 6.45) is 1.27. The summed E-state index contributed by atoms with van der Waals surface area (Å²) in [4.78, 5) is 11.5. The van der Waals surface area contributed by atoms with Crippen LogP contribution in [0.4, 0.5) is 0 Å². The predicted molar refractivity (Wildman–Crippen MR) is 70.6 cm³/mol. The minimum atomic E-state index is -0.510. The Morgan fingerprint density at radius 3 is 2.47 bits per heavy atom. The van der Waals surface area contributed by atoms with E-state index in [-0.39, 0.29) is 11.5 Å².